The Balaban J connectivity index is 1.41. The Morgan fingerprint density at radius 1 is 1.06 bits per heavy atom. The lowest BCUT2D eigenvalue weighted by Crippen LogP contribution is -2.57. The maximum atomic E-state index is 15.2. The zero-order chi connectivity index (χ0) is 37.9. The van der Waals surface area contributed by atoms with Crippen molar-refractivity contribution in [3.63, 3.8) is 0 Å². The number of aryl methyl sites for hydroxylation is 2. The normalized spacial score (nSPS) is 25.3. The summed E-state index contributed by atoms with van der Waals surface area (Å²) in [6.45, 7) is 11.2. The van der Waals surface area contributed by atoms with Gasteiger partial charge in [0.15, 0.2) is 0 Å². The van der Waals surface area contributed by atoms with Crippen molar-refractivity contribution in [3.8, 4) is 0 Å². The highest BCUT2D eigenvalue weighted by molar-refractivity contribution is 9.09. The van der Waals surface area contributed by atoms with Crippen LogP contribution in [0, 0.1) is 25.7 Å². The summed E-state index contributed by atoms with van der Waals surface area (Å²) in [5.74, 6) is -3.90. The molecule has 53 heavy (non-hydrogen) atoms. The summed E-state index contributed by atoms with van der Waals surface area (Å²) in [6.07, 6.45) is 2.69. The molecule has 3 aromatic carbocycles. The summed E-state index contributed by atoms with van der Waals surface area (Å²) in [6, 6.07) is 21.9. The average Bonchev–Trinajstić information content (AvgIpc) is 3.76. The van der Waals surface area contributed by atoms with E-state index in [1.165, 1.54) is 4.90 Å². The monoisotopic (exact) mass is 783 g/mol. The number of carbonyl (C=O) groups excluding carboxylic acids is 4. The molecule has 1 unspecified atom stereocenters. The van der Waals surface area contributed by atoms with E-state index in [9.17, 15) is 14.7 Å². The fourth-order valence-electron chi connectivity index (χ4n) is 8.22. The van der Waals surface area contributed by atoms with Crippen LogP contribution in [0.5, 0.6) is 0 Å². The Morgan fingerprint density at radius 3 is 2.38 bits per heavy atom. The highest BCUT2D eigenvalue weighted by atomic mass is 79.9. The van der Waals surface area contributed by atoms with E-state index in [1.807, 2.05) is 80.6 Å². The van der Waals surface area contributed by atoms with Gasteiger partial charge in [0.05, 0.1) is 37.1 Å². The molecule has 3 fully saturated rings. The molecule has 11 heteroatoms. The van der Waals surface area contributed by atoms with Crippen molar-refractivity contribution in [2.24, 2.45) is 11.8 Å². The summed E-state index contributed by atoms with van der Waals surface area (Å²) in [5.41, 5.74) is 2.37. The van der Waals surface area contributed by atoms with Gasteiger partial charge in [-0.05, 0) is 55.0 Å². The predicted molar refractivity (Wildman–Crippen MR) is 205 cm³/mol. The number of amides is 3. The van der Waals surface area contributed by atoms with Crippen molar-refractivity contribution in [1.29, 1.82) is 0 Å². The molecular formula is C42H46BrN3O7. The van der Waals surface area contributed by atoms with Gasteiger partial charge in [0.1, 0.15) is 17.7 Å². The smallest absolute Gasteiger partial charge is 0.313 e. The molecule has 3 aromatic rings. The van der Waals surface area contributed by atoms with Gasteiger partial charge in [-0.2, -0.15) is 0 Å². The van der Waals surface area contributed by atoms with Crippen molar-refractivity contribution in [3.05, 3.63) is 126 Å². The van der Waals surface area contributed by atoms with E-state index < -0.39 is 66.1 Å². The number of esters is 1. The fourth-order valence-corrected chi connectivity index (χ4v) is 9.16. The van der Waals surface area contributed by atoms with Gasteiger partial charge in [-0.15, -0.1) is 13.2 Å². The number of rotatable bonds is 15. The molecule has 0 saturated carbocycles. The van der Waals surface area contributed by atoms with E-state index in [1.54, 1.807) is 29.2 Å². The van der Waals surface area contributed by atoms with E-state index in [2.05, 4.69) is 34.4 Å². The Kier molecular flexibility index (Phi) is 11.7. The number of fused-ring (bicyclic) bond motifs is 1. The number of hydrogen-bond donors (Lipinski definition) is 2. The summed E-state index contributed by atoms with van der Waals surface area (Å²) >= 11 is 3.75. The van der Waals surface area contributed by atoms with E-state index in [0.29, 0.717) is 23.2 Å². The molecule has 3 saturated heterocycles. The van der Waals surface area contributed by atoms with Crippen LogP contribution in [0.3, 0.4) is 0 Å². The third-order valence-corrected chi connectivity index (χ3v) is 11.5. The number of carbonyl (C=O) groups is 4. The molecule has 10 nitrogen and oxygen atoms in total. The first-order valence-electron chi connectivity index (χ1n) is 18.0. The summed E-state index contributed by atoms with van der Waals surface area (Å²) < 4.78 is 13.0. The number of aliphatic hydroxyl groups is 1. The lowest BCUT2D eigenvalue weighted by molar-refractivity contribution is -0.160. The van der Waals surface area contributed by atoms with Gasteiger partial charge in [-0.1, -0.05) is 101 Å². The number of alkyl halides is 1. The Labute approximate surface area is 319 Å². The molecule has 0 aliphatic carbocycles. The summed E-state index contributed by atoms with van der Waals surface area (Å²) in [5, 5.41) is 13.8. The molecule has 0 radical (unpaired) electrons. The molecule has 278 valence electrons. The highest BCUT2D eigenvalue weighted by Crippen LogP contribution is 2.61. The summed E-state index contributed by atoms with van der Waals surface area (Å²) in [4.78, 5) is 60.1. The maximum Gasteiger partial charge on any atom is 0.313 e. The number of halogens is 1. The molecule has 3 amide bonds. The van der Waals surface area contributed by atoms with Gasteiger partial charge in [0, 0.05) is 23.5 Å². The number of likely N-dealkylation sites (tertiary alicyclic amines) is 1. The minimum absolute atomic E-state index is 0.0195. The Bertz CT molecular complexity index is 1860. The zero-order valence-corrected chi connectivity index (χ0v) is 31.6. The standard InChI is InChI=1S/C42H46BrN3O7/c1-5-7-18-34(48)44-24-33(29-16-12-9-13-17-29)52-41(51)35-36-39(49)46(32(25-47)28-14-10-8-11-15-28)38(42(36)23-30(43)37(35)53-42)40(50)45(21-6-2)31-22-26(3)19-20-27(31)4/h5-6,8-17,19-20,22,30,32-33,35-38,47H,1-2,7,18,21,23-25H2,3-4H3,(H,44,48)/t30?,32-,33-,35-,36+,37-,38-,42+/m1/s1. The van der Waals surface area contributed by atoms with Crippen LogP contribution in [0.1, 0.15) is 53.7 Å². The number of nitrogens with one attached hydrogen (secondary N) is 1. The van der Waals surface area contributed by atoms with Crippen LogP contribution in [-0.4, -0.2) is 76.0 Å². The molecule has 3 aliphatic heterocycles. The van der Waals surface area contributed by atoms with Crippen molar-refractivity contribution < 1.29 is 33.8 Å². The summed E-state index contributed by atoms with van der Waals surface area (Å²) in [7, 11) is 0. The van der Waals surface area contributed by atoms with Crippen molar-refractivity contribution >= 4 is 45.3 Å². The van der Waals surface area contributed by atoms with Crippen LogP contribution in [0.15, 0.2) is 104 Å². The molecule has 8 atom stereocenters. The number of benzene rings is 3. The van der Waals surface area contributed by atoms with Gasteiger partial charge in [-0.25, -0.2) is 0 Å². The van der Waals surface area contributed by atoms with E-state index >= 15 is 9.59 Å². The van der Waals surface area contributed by atoms with Crippen LogP contribution >= 0.6 is 15.9 Å². The molecule has 6 rings (SSSR count). The van der Waals surface area contributed by atoms with Crippen LogP contribution in [0.4, 0.5) is 5.69 Å². The number of allylic oxidation sites excluding steroid dienone is 1. The number of aliphatic hydroxyl groups excluding tert-OH is 1. The molecule has 3 heterocycles. The minimum Gasteiger partial charge on any atom is -0.455 e. The number of hydrogen-bond acceptors (Lipinski definition) is 7. The van der Waals surface area contributed by atoms with Gasteiger partial charge in [0.2, 0.25) is 11.8 Å². The lowest BCUT2D eigenvalue weighted by atomic mass is 9.70. The fraction of sp³-hybridized carbons (Fsp3) is 0.381. The van der Waals surface area contributed by atoms with Crippen molar-refractivity contribution in [2.75, 3.05) is 24.6 Å². The van der Waals surface area contributed by atoms with Crippen LogP contribution in [0.2, 0.25) is 0 Å². The second kappa shape index (κ2) is 16.2. The molecule has 3 aliphatic rings. The van der Waals surface area contributed by atoms with Gasteiger partial charge in [0.25, 0.3) is 5.91 Å². The molecule has 2 bridgehead atoms. The van der Waals surface area contributed by atoms with E-state index in [0.717, 1.165) is 11.1 Å². The number of anilines is 1. The first-order chi connectivity index (χ1) is 25.6. The topological polar surface area (TPSA) is 125 Å². The zero-order valence-electron chi connectivity index (χ0n) is 30.0. The van der Waals surface area contributed by atoms with Gasteiger partial charge < -0.3 is 29.7 Å². The van der Waals surface area contributed by atoms with Crippen LogP contribution in [0.25, 0.3) is 0 Å². The molecular weight excluding hydrogens is 738 g/mol. The van der Waals surface area contributed by atoms with E-state index in [-0.39, 0.29) is 36.7 Å². The SMILES string of the molecule is C=CCCC(=O)NC[C@@H](OC(=O)[C@H]1[C@@H]2O[C@@]3(CC2Br)[C@@H]1C(=O)N([C@H](CO)c1ccccc1)[C@@H]3C(=O)N(CC=C)c1cc(C)ccc1C)c1ccccc1. The van der Waals surface area contributed by atoms with Crippen LogP contribution < -0.4 is 10.2 Å². The third-order valence-electron chi connectivity index (χ3n) is 10.6. The molecule has 1 spiro atoms. The maximum absolute atomic E-state index is 15.2. The first-order valence-corrected chi connectivity index (χ1v) is 18.9. The third kappa shape index (κ3) is 7.22. The second-order valence-corrected chi connectivity index (χ2v) is 15.2. The number of ether oxygens (including phenoxy) is 2. The minimum atomic E-state index is -1.42. The first kappa shape index (κ1) is 38.2. The highest BCUT2D eigenvalue weighted by Gasteiger charge is 2.77. The quantitative estimate of drug-likeness (QED) is 0.116. The van der Waals surface area contributed by atoms with Crippen LogP contribution in [-0.2, 0) is 28.7 Å². The van der Waals surface area contributed by atoms with E-state index in [4.69, 9.17) is 9.47 Å². The predicted octanol–water partition coefficient (Wildman–Crippen LogP) is 5.67. The molecule has 0 aromatic heterocycles. The van der Waals surface area contributed by atoms with Crippen molar-refractivity contribution in [1.82, 2.24) is 10.2 Å². The molecule has 2 N–H and O–H groups in total. The Hall–Kier alpha value is -4.58. The second-order valence-electron chi connectivity index (χ2n) is 14.0. The Morgan fingerprint density at radius 2 is 1.74 bits per heavy atom. The average molecular weight is 785 g/mol. The number of nitrogens with zero attached hydrogens (tertiary/aromatic N) is 2. The van der Waals surface area contributed by atoms with Gasteiger partial charge >= 0.3 is 5.97 Å². The van der Waals surface area contributed by atoms with Gasteiger partial charge in [-0.3, -0.25) is 19.2 Å². The largest absolute Gasteiger partial charge is 0.455 e. The van der Waals surface area contributed by atoms with Crippen molar-refractivity contribution in [2.45, 2.75) is 67.8 Å². The lowest BCUT2D eigenvalue weighted by Gasteiger charge is -2.39.